The second kappa shape index (κ2) is 11.9. The molecule has 0 saturated heterocycles. The van der Waals surface area contributed by atoms with Crippen LogP contribution in [0, 0.1) is 17.8 Å². The molecule has 0 aliphatic carbocycles. The van der Waals surface area contributed by atoms with Gasteiger partial charge in [-0.15, -0.1) is 0 Å². The summed E-state index contributed by atoms with van der Waals surface area (Å²) in [5.74, 6) is 2.77. The van der Waals surface area contributed by atoms with Crippen LogP contribution in [0.1, 0.15) is 60.8 Å². The van der Waals surface area contributed by atoms with Crippen LogP contribution in [-0.4, -0.2) is 5.48 Å². The Morgan fingerprint density at radius 2 is 0.824 bits per heavy atom. The van der Waals surface area contributed by atoms with E-state index in [0.29, 0.717) is 0 Å². The number of rotatable bonds is 9. The van der Waals surface area contributed by atoms with Crippen molar-refractivity contribution in [3.8, 4) is 0 Å². The first-order chi connectivity index (χ1) is 7.41. The molecule has 0 unspecified atom stereocenters. The first-order valence-corrected chi connectivity index (χ1v) is 12.5. The van der Waals surface area contributed by atoms with Crippen LogP contribution < -0.4 is 0 Å². The zero-order valence-corrected chi connectivity index (χ0v) is 15.4. The van der Waals surface area contributed by atoms with Gasteiger partial charge in [-0.25, -0.2) is 0 Å². The van der Waals surface area contributed by atoms with E-state index in [-0.39, 0.29) is 5.48 Å². The number of hydrogen-bond acceptors (Lipinski definition) is 1. The molecule has 0 bridgehead atoms. The van der Waals surface area contributed by atoms with Gasteiger partial charge in [0.25, 0.3) is 0 Å². The minimum Gasteiger partial charge on any atom is -0.870 e. The van der Waals surface area contributed by atoms with Crippen molar-refractivity contribution in [3.05, 3.63) is 0 Å². The third kappa shape index (κ3) is 14.8. The van der Waals surface area contributed by atoms with Gasteiger partial charge in [-0.2, -0.15) is 0 Å². The van der Waals surface area contributed by atoms with Crippen molar-refractivity contribution < 1.29 is 27.2 Å². The van der Waals surface area contributed by atoms with Crippen molar-refractivity contribution in [1.82, 2.24) is 0 Å². The third-order valence-corrected chi connectivity index (χ3v) is 10.6. The molecule has 17 heavy (non-hydrogen) atoms. The maximum atomic E-state index is 2.38. The molecular formula is C15H34OZr. The number of hydrogen-bond donors (Lipinski definition) is 0. The van der Waals surface area contributed by atoms with E-state index in [0.717, 1.165) is 17.8 Å². The fourth-order valence-electron chi connectivity index (χ4n) is 1.85. The Balaban J connectivity index is 0. The van der Waals surface area contributed by atoms with Gasteiger partial charge in [-0.1, -0.05) is 0 Å². The topological polar surface area (TPSA) is 30.0 Å². The molecule has 0 radical (unpaired) electrons. The van der Waals surface area contributed by atoms with Crippen LogP contribution in [-0.2, 0) is 21.8 Å². The Morgan fingerprint density at radius 3 is 1.00 bits per heavy atom. The average Bonchev–Trinajstić information content (AvgIpc) is 2.15. The minimum absolute atomic E-state index is 0. The molecule has 0 amide bonds. The molecule has 0 aromatic heterocycles. The van der Waals surface area contributed by atoms with Crippen LogP contribution in [0.25, 0.3) is 0 Å². The largest absolute Gasteiger partial charge is 0.870 e. The van der Waals surface area contributed by atoms with Gasteiger partial charge >= 0.3 is 113 Å². The summed E-state index contributed by atoms with van der Waals surface area (Å²) in [6, 6.07) is 0. The Morgan fingerprint density at radius 1 is 0.588 bits per heavy atom. The summed E-state index contributed by atoms with van der Waals surface area (Å²) < 4.78 is 4.96. The van der Waals surface area contributed by atoms with E-state index in [9.17, 15) is 0 Å². The van der Waals surface area contributed by atoms with Gasteiger partial charge in [-0.3, -0.25) is 0 Å². The molecule has 0 atom stereocenters. The molecule has 0 rings (SSSR count). The Kier molecular flexibility index (Phi) is 14.1. The van der Waals surface area contributed by atoms with Crippen LogP contribution in [0.3, 0.4) is 0 Å². The predicted molar refractivity (Wildman–Crippen MR) is 74.7 cm³/mol. The van der Waals surface area contributed by atoms with Gasteiger partial charge in [-0.05, 0) is 0 Å². The normalized spacial score (nSPS) is 11.1. The molecule has 1 nitrogen and oxygen atoms in total. The summed E-state index contributed by atoms with van der Waals surface area (Å²) in [5.41, 5.74) is 0. The zero-order valence-electron chi connectivity index (χ0n) is 12.9. The molecule has 0 aromatic carbocycles. The van der Waals surface area contributed by atoms with Crippen LogP contribution in [0.2, 0.25) is 12.4 Å². The summed E-state index contributed by atoms with van der Waals surface area (Å²) in [7, 11) is 0. The van der Waals surface area contributed by atoms with E-state index in [4.69, 9.17) is 0 Å². The first-order valence-electron chi connectivity index (χ1n) is 7.25. The van der Waals surface area contributed by atoms with Gasteiger partial charge in [0.15, 0.2) is 0 Å². The zero-order chi connectivity index (χ0) is 12.6. The maximum Gasteiger partial charge on any atom is -0.870 e. The van der Waals surface area contributed by atoms with Gasteiger partial charge in [0.2, 0.25) is 0 Å². The van der Waals surface area contributed by atoms with Gasteiger partial charge in [0.05, 0.1) is 0 Å². The van der Waals surface area contributed by atoms with E-state index in [2.05, 4.69) is 41.5 Å². The summed E-state index contributed by atoms with van der Waals surface area (Å²) in [6.07, 6.45) is 4.51. The quantitative estimate of drug-likeness (QED) is 0.526. The second-order valence-electron chi connectivity index (χ2n) is 6.55. The molecule has 0 aliphatic heterocycles. The third-order valence-electron chi connectivity index (χ3n) is 3.23. The molecule has 1 N–H and O–H groups in total. The van der Waals surface area contributed by atoms with E-state index in [1.54, 1.807) is 12.4 Å². The molecule has 0 spiro atoms. The molecule has 0 heterocycles. The fraction of sp³-hybridized carbons (Fsp3) is 1.00. The fourth-order valence-corrected chi connectivity index (χ4v) is 11.0. The Bertz CT molecular complexity index is 126. The molecule has 0 saturated carbocycles. The first kappa shape index (κ1) is 20.2. The Labute approximate surface area is 118 Å². The van der Waals surface area contributed by atoms with Crippen LogP contribution in [0.4, 0.5) is 0 Å². The molecule has 0 aromatic rings. The van der Waals surface area contributed by atoms with Crippen molar-refractivity contribution in [1.29, 1.82) is 0 Å². The average molecular weight is 322 g/mol. The van der Waals surface area contributed by atoms with Gasteiger partial charge in [0, 0.05) is 0 Å². The van der Waals surface area contributed by atoms with Crippen molar-refractivity contribution >= 4 is 0 Å². The van der Waals surface area contributed by atoms with Crippen molar-refractivity contribution in [3.63, 3.8) is 0 Å². The van der Waals surface area contributed by atoms with E-state index in [1.165, 1.54) is 19.3 Å². The molecular weight excluding hydrogens is 287 g/mol. The predicted octanol–water partition coefficient (Wildman–Crippen LogP) is 5.82. The Hall–Kier alpha value is 0.843. The summed E-state index contributed by atoms with van der Waals surface area (Å²) >= 11 is -0.982. The molecule has 104 valence electrons. The van der Waals surface area contributed by atoms with Gasteiger partial charge in [0.1, 0.15) is 0 Å². The molecule has 2 heteroatoms. The minimum atomic E-state index is -0.982. The van der Waals surface area contributed by atoms with Crippen LogP contribution in [0.15, 0.2) is 0 Å². The van der Waals surface area contributed by atoms with Gasteiger partial charge < -0.3 is 5.48 Å². The molecule has 0 fully saturated rings. The van der Waals surface area contributed by atoms with Crippen molar-refractivity contribution in [2.24, 2.45) is 17.8 Å². The SMILES string of the molecule is CC(C)C[CH2][Zr+]([CH2]CC(C)C)[CH2]CC(C)C.[OH-]. The molecule has 0 aliphatic rings. The smallest absolute Gasteiger partial charge is 0.870 e. The van der Waals surface area contributed by atoms with E-state index < -0.39 is 21.8 Å². The monoisotopic (exact) mass is 320 g/mol. The summed E-state index contributed by atoms with van der Waals surface area (Å²) in [5, 5.41) is 0. The van der Waals surface area contributed by atoms with Crippen molar-refractivity contribution in [2.75, 3.05) is 0 Å². The van der Waals surface area contributed by atoms with Crippen molar-refractivity contribution in [2.45, 2.75) is 73.2 Å². The maximum absolute atomic E-state index is 2.38. The van der Waals surface area contributed by atoms with Crippen LogP contribution >= 0.6 is 0 Å². The van der Waals surface area contributed by atoms with E-state index in [1.807, 2.05) is 0 Å². The second-order valence-corrected chi connectivity index (χ2v) is 13.9. The standard InChI is InChI=1S/3C5H11.H2O.Zr/c3*1-4-5(2)3;;/h3*5H,1,4H2,2-3H3;1H2;/q;;;;+1/p-1. The van der Waals surface area contributed by atoms with Crippen LogP contribution in [0.5, 0.6) is 0 Å². The summed E-state index contributed by atoms with van der Waals surface area (Å²) in [4.78, 5) is 0. The van der Waals surface area contributed by atoms with E-state index >= 15 is 0 Å². The summed E-state index contributed by atoms with van der Waals surface area (Å²) in [6.45, 7) is 14.3.